The van der Waals surface area contributed by atoms with Gasteiger partial charge in [-0.05, 0) is 37.6 Å². The number of benzene rings is 1. The van der Waals surface area contributed by atoms with Crippen LogP contribution < -0.4 is 10.1 Å². The van der Waals surface area contributed by atoms with E-state index in [-0.39, 0.29) is 12.0 Å². The molecule has 1 atom stereocenters. The monoisotopic (exact) mass is 410 g/mol. The topological polar surface area (TPSA) is 81.8 Å². The maximum Gasteiger partial charge on any atom is 0.256 e. The third kappa shape index (κ3) is 4.33. The van der Waals surface area contributed by atoms with Crippen molar-refractivity contribution in [3.8, 4) is 5.75 Å². The molecule has 1 amide bonds. The van der Waals surface area contributed by atoms with E-state index in [1.807, 2.05) is 56.3 Å². The fraction of sp³-hybridized carbons (Fsp3) is 0.348. The van der Waals surface area contributed by atoms with Crippen LogP contribution in [0.1, 0.15) is 30.7 Å². The lowest BCUT2D eigenvalue weighted by Gasteiger charge is -2.16. The van der Waals surface area contributed by atoms with Crippen LogP contribution >= 0.6 is 0 Å². The van der Waals surface area contributed by atoms with Crippen LogP contribution in [-0.2, 0) is 19.0 Å². The lowest BCUT2D eigenvalue weighted by Crippen LogP contribution is -2.24. The maximum atomic E-state index is 12.6. The first-order chi connectivity index (χ1) is 14.5. The number of hydrogen-bond donors (Lipinski definition) is 2. The summed E-state index contributed by atoms with van der Waals surface area (Å²) in [7, 11) is 1.60. The number of carbonyl (C=O) groups excluding carboxylic acids is 1. The Kier molecular flexibility index (Phi) is 5.76. The number of nitrogens with one attached hydrogen (secondary N) is 2. The molecule has 4 rings (SSSR count). The van der Waals surface area contributed by atoms with Gasteiger partial charge >= 0.3 is 0 Å². The molecule has 1 fully saturated rings. The Balaban J connectivity index is 1.46. The van der Waals surface area contributed by atoms with Gasteiger partial charge in [-0.1, -0.05) is 24.3 Å². The van der Waals surface area contributed by atoms with Crippen molar-refractivity contribution >= 4 is 29.3 Å². The van der Waals surface area contributed by atoms with Crippen molar-refractivity contribution in [3.63, 3.8) is 0 Å². The predicted molar refractivity (Wildman–Crippen MR) is 115 cm³/mol. The Morgan fingerprint density at radius 2 is 2.17 bits per heavy atom. The Morgan fingerprint density at radius 3 is 2.93 bits per heavy atom. The minimum atomic E-state index is -0.543. The van der Waals surface area contributed by atoms with Gasteiger partial charge in [0.15, 0.2) is 5.79 Å². The van der Waals surface area contributed by atoms with Crippen LogP contribution in [0.3, 0.4) is 0 Å². The molecule has 0 bridgehead atoms. The molecule has 1 saturated heterocycles. The second-order valence-electron chi connectivity index (χ2n) is 7.63. The fourth-order valence-corrected chi connectivity index (χ4v) is 3.65. The smallest absolute Gasteiger partial charge is 0.256 e. The van der Waals surface area contributed by atoms with E-state index in [1.54, 1.807) is 13.3 Å². The highest BCUT2D eigenvalue weighted by atomic mass is 16.7. The van der Waals surface area contributed by atoms with Crippen LogP contribution in [0.2, 0.25) is 0 Å². The second-order valence-corrected chi connectivity index (χ2v) is 7.63. The molecule has 7 nitrogen and oxygen atoms in total. The minimum Gasteiger partial charge on any atom is -0.495 e. The van der Waals surface area contributed by atoms with Crippen molar-refractivity contribution < 1.29 is 23.7 Å². The first kappa shape index (κ1) is 20.4. The van der Waals surface area contributed by atoms with E-state index < -0.39 is 5.79 Å². The van der Waals surface area contributed by atoms with Gasteiger partial charge in [-0.15, -0.1) is 0 Å². The zero-order valence-corrected chi connectivity index (χ0v) is 17.4. The number of rotatable bonds is 7. The summed E-state index contributed by atoms with van der Waals surface area (Å²) < 4.78 is 22.3. The Morgan fingerprint density at radius 1 is 1.30 bits per heavy atom. The van der Waals surface area contributed by atoms with Gasteiger partial charge in [0.05, 0.1) is 38.2 Å². The molecular weight excluding hydrogens is 384 g/mol. The summed E-state index contributed by atoms with van der Waals surface area (Å²) in [6.45, 7) is 5.23. The Labute approximate surface area is 175 Å². The van der Waals surface area contributed by atoms with Gasteiger partial charge in [-0.25, -0.2) is 0 Å². The average Bonchev–Trinajstić information content (AvgIpc) is 3.39. The molecule has 2 aliphatic rings. The van der Waals surface area contributed by atoms with Gasteiger partial charge in [0.25, 0.3) is 5.91 Å². The van der Waals surface area contributed by atoms with Crippen LogP contribution in [0.4, 0.5) is 5.69 Å². The molecule has 2 N–H and O–H groups in total. The molecule has 0 aliphatic carbocycles. The summed E-state index contributed by atoms with van der Waals surface area (Å²) in [5.41, 5.74) is 3.93. The fourth-order valence-electron chi connectivity index (χ4n) is 3.65. The second kappa shape index (κ2) is 8.47. The first-order valence-corrected chi connectivity index (χ1v) is 9.91. The minimum absolute atomic E-state index is 0.0542. The van der Waals surface area contributed by atoms with Crippen LogP contribution in [0, 0.1) is 0 Å². The highest BCUT2D eigenvalue weighted by molar-refractivity contribution is 6.35. The zero-order chi connectivity index (χ0) is 21.1. The van der Waals surface area contributed by atoms with E-state index in [2.05, 4.69) is 10.3 Å². The third-order valence-electron chi connectivity index (χ3n) is 4.99. The number of hydrogen-bond acceptors (Lipinski definition) is 5. The summed E-state index contributed by atoms with van der Waals surface area (Å²) in [6, 6.07) is 7.62. The van der Waals surface area contributed by atoms with Gasteiger partial charge in [0.2, 0.25) is 0 Å². The number of H-pyrrole nitrogens is 1. The summed E-state index contributed by atoms with van der Waals surface area (Å²) >= 11 is 0. The molecule has 0 radical (unpaired) electrons. The number of methoxy groups -OCH3 is 1. The number of amides is 1. The van der Waals surface area contributed by atoms with Crippen LogP contribution in [-0.4, -0.2) is 49.7 Å². The van der Waals surface area contributed by atoms with E-state index >= 15 is 0 Å². The van der Waals surface area contributed by atoms with E-state index in [1.165, 1.54) is 0 Å². The zero-order valence-electron chi connectivity index (χ0n) is 17.4. The van der Waals surface area contributed by atoms with Crippen molar-refractivity contribution in [2.45, 2.75) is 25.7 Å². The van der Waals surface area contributed by atoms with Gasteiger partial charge in [0, 0.05) is 17.4 Å². The lowest BCUT2D eigenvalue weighted by molar-refractivity contribution is -0.144. The van der Waals surface area contributed by atoms with E-state index in [9.17, 15) is 4.79 Å². The molecule has 2 aliphatic heterocycles. The summed E-state index contributed by atoms with van der Waals surface area (Å²) in [4.78, 5) is 15.7. The first-order valence-electron chi connectivity index (χ1n) is 9.91. The van der Waals surface area contributed by atoms with Gasteiger partial charge in [-0.2, -0.15) is 0 Å². The molecule has 3 heterocycles. The number of aromatic nitrogens is 1. The molecule has 7 heteroatoms. The number of ether oxygens (including phenoxy) is 4. The molecular formula is C23H26N2O5. The molecule has 1 aromatic heterocycles. The Hall–Kier alpha value is -2.87. The van der Waals surface area contributed by atoms with Crippen molar-refractivity contribution in [2.75, 3.05) is 32.2 Å². The van der Waals surface area contributed by atoms with E-state index in [4.69, 9.17) is 18.9 Å². The number of fused-ring (bicyclic) bond motifs is 1. The highest BCUT2D eigenvalue weighted by Gasteiger charge is 2.32. The van der Waals surface area contributed by atoms with Crippen molar-refractivity contribution in [3.05, 3.63) is 53.4 Å². The van der Waals surface area contributed by atoms with Gasteiger partial charge in [-0.3, -0.25) is 4.79 Å². The average molecular weight is 410 g/mol. The summed E-state index contributed by atoms with van der Waals surface area (Å²) in [5, 5.41) is 2.93. The number of aromatic amines is 1. The highest BCUT2D eigenvalue weighted by Crippen LogP contribution is 2.37. The Bertz CT molecular complexity index is 989. The van der Waals surface area contributed by atoms with Crippen LogP contribution in [0.15, 0.2) is 36.5 Å². The molecule has 0 saturated carbocycles. The summed E-state index contributed by atoms with van der Waals surface area (Å²) in [5.74, 6) is 0.00431. The van der Waals surface area contributed by atoms with Gasteiger partial charge in [0.1, 0.15) is 11.9 Å². The van der Waals surface area contributed by atoms with Crippen molar-refractivity contribution in [2.24, 2.45) is 0 Å². The van der Waals surface area contributed by atoms with Crippen molar-refractivity contribution in [1.29, 1.82) is 0 Å². The molecule has 2 aromatic rings. The van der Waals surface area contributed by atoms with E-state index in [0.717, 1.165) is 22.5 Å². The molecule has 158 valence electrons. The standard InChI is InChI=1S/C23H26N2O5/c1-23(2)29-14-16(30-23)13-28-11-5-7-15-6-4-8-18-21(15)17(22(26)25-18)12-19-20(27-3)9-10-24-19/h4-10,12,16,24H,11,13-14H2,1-3H3,(H,25,26)/b7-5?,17-12-. The van der Waals surface area contributed by atoms with Crippen LogP contribution in [0.25, 0.3) is 17.7 Å². The van der Waals surface area contributed by atoms with Crippen molar-refractivity contribution in [1.82, 2.24) is 4.98 Å². The van der Waals surface area contributed by atoms with Gasteiger partial charge < -0.3 is 29.2 Å². The van der Waals surface area contributed by atoms with Crippen LogP contribution in [0.5, 0.6) is 5.75 Å². The number of carbonyl (C=O) groups is 1. The predicted octanol–water partition coefficient (Wildman–Crippen LogP) is 3.70. The molecule has 1 aromatic carbocycles. The third-order valence-corrected chi connectivity index (χ3v) is 4.99. The molecule has 0 spiro atoms. The van der Waals surface area contributed by atoms with E-state index in [0.29, 0.717) is 31.1 Å². The largest absolute Gasteiger partial charge is 0.495 e. The molecule has 30 heavy (non-hydrogen) atoms. The lowest BCUT2D eigenvalue weighted by atomic mass is 9.99. The quantitative estimate of drug-likeness (QED) is 0.537. The normalized spacial score (nSPS) is 21.4. The maximum absolute atomic E-state index is 12.6. The summed E-state index contributed by atoms with van der Waals surface area (Å²) in [6.07, 6.45) is 7.44. The SMILES string of the molecule is COc1cc[nH]c1/C=C1\C(=O)Nc2cccc(C=CCOCC3COC(C)(C)O3)c21. The number of anilines is 1. The molecule has 1 unspecified atom stereocenters.